The lowest BCUT2D eigenvalue weighted by atomic mass is 10.4. The van der Waals surface area contributed by atoms with Crippen LogP contribution in [0.3, 0.4) is 0 Å². The van der Waals surface area contributed by atoms with Crippen LogP contribution in [-0.2, 0) is 9.53 Å². The Hall–Kier alpha value is -0.610. The van der Waals surface area contributed by atoms with Crippen molar-refractivity contribution in [2.75, 3.05) is 13.2 Å². The first kappa shape index (κ1) is 13.0. The number of carboxylic acids is 1. The molecule has 0 fully saturated rings. The van der Waals surface area contributed by atoms with E-state index in [1.165, 1.54) is 0 Å². The number of aliphatic hydroxyl groups is 1. The van der Waals surface area contributed by atoms with Crippen LogP contribution in [0.2, 0.25) is 0 Å². The van der Waals surface area contributed by atoms with Gasteiger partial charge in [-0.1, -0.05) is 0 Å². The summed E-state index contributed by atoms with van der Waals surface area (Å²) in [5.74, 6) is -0.833. The number of hydrogen-bond acceptors (Lipinski definition) is 3. The van der Waals surface area contributed by atoms with Crippen molar-refractivity contribution in [1.29, 1.82) is 0 Å². The highest BCUT2D eigenvalue weighted by molar-refractivity contribution is 5.62. The van der Waals surface area contributed by atoms with Gasteiger partial charge in [0.2, 0.25) is 0 Å². The van der Waals surface area contributed by atoms with Crippen molar-refractivity contribution >= 4 is 5.97 Å². The van der Waals surface area contributed by atoms with Gasteiger partial charge in [0.15, 0.2) is 0 Å². The van der Waals surface area contributed by atoms with Crippen LogP contribution in [0.15, 0.2) is 0 Å². The highest BCUT2D eigenvalue weighted by atomic mass is 16.5. The monoisotopic (exact) mass is 164 g/mol. The Morgan fingerprint density at radius 3 is 2.09 bits per heavy atom. The third-order valence-corrected chi connectivity index (χ3v) is 0.563. The van der Waals surface area contributed by atoms with E-state index in [1.54, 1.807) is 6.92 Å². The van der Waals surface area contributed by atoms with Crippen molar-refractivity contribution in [1.82, 2.24) is 0 Å². The van der Waals surface area contributed by atoms with Gasteiger partial charge in [-0.3, -0.25) is 4.79 Å². The Balaban J connectivity index is 0. The number of carbonyl (C=O) groups is 1. The molecule has 0 aliphatic carbocycles. The lowest BCUT2D eigenvalue weighted by Gasteiger charge is -2.00. The Morgan fingerprint density at radius 1 is 1.64 bits per heavy atom. The van der Waals surface area contributed by atoms with E-state index in [4.69, 9.17) is 19.7 Å². The lowest BCUT2D eigenvalue weighted by molar-refractivity contribution is -0.134. The van der Waals surface area contributed by atoms with Crippen LogP contribution in [0.5, 0.6) is 0 Å². The molecule has 68 valence electrons. The minimum atomic E-state index is -0.833. The molecule has 0 rings (SSSR count). The van der Waals surface area contributed by atoms with Crippen molar-refractivity contribution < 1.29 is 19.7 Å². The molecule has 0 aromatic carbocycles. The molecule has 4 nitrogen and oxygen atoms in total. The third-order valence-electron chi connectivity index (χ3n) is 0.563. The maximum Gasteiger partial charge on any atom is 0.300 e. The van der Waals surface area contributed by atoms with Gasteiger partial charge in [-0.15, -0.1) is 0 Å². The van der Waals surface area contributed by atoms with Gasteiger partial charge in [0.1, 0.15) is 0 Å². The van der Waals surface area contributed by atoms with E-state index in [1.807, 2.05) is 6.92 Å². The zero-order valence-corrected chi connectivity index (χ0v) is 7.20. The SMILES string of the molecule is CC(=O)O.CCOCC(C)O. The molecule has 0 aliphatic heterocycles. The van der Waals surface area contributed by atoms with Gasteiger partial charge in [-0.05, 0) is 13.8 Å². The quantitative estimate of drug-likeness (QED) is 0.637. The molecule has 11 heavy (non-hydrogen) atoms. The molecule has 4 heteroatoms. The molecular formula is C7H16O4. The summed E-state index contributed by atoms with van der Waals surface area (Å²) in [6, 6.07) is 0. The van der Waals surface area contributed by atoms with Gasteiger partial charge in [-0.2, -0.15) is 0 Å². The van der Waals surface area contributed by atoms with Crippen LogP contribution in [0, 0.1) is 0 Å². The molecule has 0 bridgehead atoms. The number of aliphatic hydroxyl groups excluding tert-OH is 1. The van der Waals surface area contributed by atoms with E-state index in [0.717, 1.165) is 6.92 Å². The molecular weight excluding hydrogens is 148 g/mol. The van der Waals surface area contributed by atoms with E-state index in [9.17, 15) is 0 Å². The second kappa shape index (κ2) is 9.39. The minimum Gasteiger partial charge on any atom is -0.481 e. The molecule has 2 N–H and O–H groups in total. The van der Waals surface area contributed by atoms with Crippen molar-refractivity contribution in [3.63, 3.8) is 0 Å². The fraction of sp³-hybridized carbons (Fsp3) is 0.857. The van der Waals surface area contributed by atoms with Gasteiger partial charge < -0.3 is 14.9 Å². The summed E-state index contributed by atoms with van der Waals surface area (Å²) in [5, 5.41) is 16.0. The molecule has 0 saturated heterocycles. The Labute approximate surface area is 66.8 Å². The molecule has 0 spiro atoms. The number of rotatable bonds is 3. The summed E-state index contributed by atoms with van der Waals surface area (Å²) in [6.07, 6.45) is -0.319. The van der Waals surface area contributed by atoms with Gasteiger partial charge in [0.25, 0.3) is 5.97 Å². The maximum atomic E-state index is 9.00. The highest BCUT2D eigenvalue weighted by Gasteiger charge is 1.90. The van der Waals surface area contributed by atoms with Crippen LogP contribution in [-0.4, -0.2) is 35.5 Å². The summed E-state index contributed by atoms with van der Waals surface area (Å²) < 4.78 is 4.84. The lowest BCUT2D eigenvalue weighted by Crippen LogP contribution is -2.09. The first-order valence-corrected chi connectivity index (χ1v) is 3.46. The van der Waals surface area contributed by atoms with Crippen molar-refractivity contribution in [3.05, 3.63) is 0 Å². The summed E-state index contributed by atoms with van der Waals surface area (Å²) in [5.41, 5.74) is 0. The van der Waals surface area contributed by atoms with E-state index < -0.39 is 5.97 Å². The fourth-order valence-corrected chi connectivity index (χ4v) is 0.288. The Kier molecular flexibility index (Phi) is 11.1. The molecule has 0 aromatic rings. The Bertz CT molecular complexity index is 86.4. The van der Waals surface area contributed by atoms with Crippen LogP contribution < -0.4 is 0 Å². The third kappa shape index (κ3) is 44.6. The van der Waals surface area contributed by atoms with Crippen molar-refractivity contribution in [2.45, 2.75) is 26.9 Å². The normalized spacial score (nSPS) is 11.3. The average molecular weight is 164 g/mol. The van der Waals surface area contributed by atoms with E-state index in [-0.39, 0.29) is 6.10 Å². The minimum absolute atomic E-state index is 0.319. The summed E-state index contributed by atoms with van der Waals surface area (Å²) in [6.45, 7) is 5.83. The predicted octanol–water partition coefficient (Wildman–Crippen LogP) is 0.495. The predicted molar refractivity (Wildman–Crippen MR) is 41.5 cm³/mol. The molecule has 0 amide bonds. The van der Waals surface area contributed by atoms with Crippen molar-refractivity contribution in [3.8, 4) is 0 Å². The summed E-state index contributed by atoms with van der Waals surface area (Å²) in [7, 11) is 0. The highest BCUT2D eigenvalue weighted by Crippen LogP contribution is 1.79. The number of aliphatic carboxylic acids is 1. The standard InChI is InChI=1S/C5H12O2.C2H4O2/c1-3-7-4-5(2)6;1-2(3)4/h5-6H,3-4H2,1-2H3;1H3,(H,3,4). The molecule has 0 heterocycles. The largest absolute Gasteiger partial charge is 0.481 e. The van der Waals surface area contributed by atoms with E-state index in [0.29, 0.717) is 13.2 Å². The van der Waals surface area contributed by atoms with Crippen LogP contribution >= 0.6 is 0 Å². The number of ether oxygens (including phenoxy) is 1. The summed E-state index contributed by atoms with van der Waals surface area (Å²) in [4.78, 5) is 9.00. The van der Waals surface area contributed by atoms with Crippen LogP contribution in [0.25, 0.3) is 0 Å². The topological polar surface area (TPSA) is 66.8 Å². The number of hydrogen-bond donors (Lipinski definition) is 2. The molecule has 1 unspecified atom stereocenters. The molecule has 0 saturated carbocycles. The summed E-state index contributed by atoms with van der Waals surface area (Å²) >= 11 is 0. The van der Waals surface area contributed by atoms with Gasteiger partial charge in [-0.25, -0.2) is 0 Å². The first-order valence-electron chi connectivity index (χ1n) is 3.46. The van der Waals surface area contributed by atoms with E-state index >= 15 is 0 Å². The molecule has 0 radical (unpaired) electrons. The number of carboxylic acid groups (broad SMARTS) is 1. The fourth-order valence-electron chi connectivity index (χ4n) is 0.288. The molecule has 1 atom stereocenters. The average Bonchev–Trinajstić information content (AvgIpc) is 1.82. The first-order chi connectivity index (χ1) is 5.00. The van der Waals surface area contributed by atoms with Crippen LogP contribution in [0.4, 0.5) is 0 Å². The van der Waals surface area contributed by atoms with Gasteiger partial charge in [0, 0.05) is 13.5 Å². The van der Waals surface area contributed by atoms with Crippen LogP contribution in [0.1, 0.15) is 20.8 Å². The second-order valence-electron chi connectivity index (χ2n) is 2.03. The zero-order valence-electron chi connectivity index (χ0n) is 7.20. The van der Waals surface area contributed by atoms with Gasteiger partial charge >= 0.3 is 0 Å². The Morgan fingerprint density at radius 2 is 2.00 bits per heavy atom. The van der Waals surface area contributed by atoms with Gasteiger partial charge in [0.05, 0.1) is 12.7 Å². The maximum absolute atomic E-state index is 9.00. The molecule has 0 aliphatic rings. The van der Waals surface area contributed by atoms with E-state index in [2.05, 4.69) is 0 Å². The molecule has 0 aromatic heterocycles. The van der Waals surface area contributed by atoms with Crippen molar-refractivity contribution in [2.24, 2.45) is 0 Å². The zero-order chi connectivity index (χ0) is 9.28. The smallest absolute Gasteiger partial charge is 0.300 e. The second-order valence-corrected chi connectivity index (χ2v) is 2.03.